The highest BCUT2D eigenvalue weighted by Crippen LogP contribution is 2.32. The number of amides is 1. The van der Waals surface area contributed by atoms with Gasteiger partial charge in [0.1, 0.15) is 0 Å². The van der Waals surface area contributed by atoms with Gasteiger partial charge in [-0.1, -0.05) is 6.07 Å². The summed E-state index contributed by atoms with van der Waals surface area (Å²) >= 11 is 0. The van der Waals surface area contributed by atoms with Gasteiger partial charge in [-0.2, -0.15) is 0 Å². The molecule has 1 aromatic carbocycles. The van der Waals surface area contributed by atoms with E-state index in [0.717, 1.165) is 23.3 Å². The van der Waals surface area contributed by atoms with Crippen LogP contribution in [0.5, 0.6) is 11.5 Å². The summed E-state index contributed by atoms with van der Waals surface area (Å²) in [6, 6.07) is 7.49. The number of furan rings is 1. The van der Waals surface area contributed by atoms with E-state index < -0.39 is 0 Å². The summed E-state index contributed by atoms with van der Waals surface area (Å²) in [5, 5.41) is 2.92. The van der Waals surface area contributed by atoms with E-state index in [1.54, 1.807) is 18.6 Å². The second-order valence-electron chi connectivity index (χ2n) is 5.19. The number of rotatable bonds is 5. The number of carbonyl (C=O) groups is 1. The van der Waals surface area contributed by atoms with Gasteiger partial charge in [-0.25, -0.2) is 0 Å². The lowest BCUT2D eigenvalue weighted by Gasteiger charge is -2.10. The first-order chi connectivity index (χ1) is 10.7. The minimum absolute atomic E-state index is 0.0338. The molecule has 1 aromatic heterocycles. The summed E-state index contributed by atoms with van der Waals surface area (Å²) < 4.78 is 15.6. The lowest BCUT2D eigenvalue weighted by molar-refractivity contribution is -0.117. The van der Waals surface area contributed by atoms with Crippen LogP contribution in [0, 0.1) is 0 Å². The van der Waals surface area contributed by atoms with Crippen LogP contribution in [0.2, 0.25) is 0 Å². The fourth-order valence-electron chi connectivity index (χ4n) is 2.29. The molecule has 1 aliphatic rings. The third kappa shape index (κ3) is 3.49. The zero-order chi connectivity index (χ0) is 15.4. The van der Waals surface area contributed by atoms with Crippen molar-refractivity contribution in [3.63, 3.8) is 0 Å². The molecule has 1 amide bonds. The molecule has 0 spiro atoms. The van der Waals surface area contributed by atoms with Gasteiger partial charge in [-0.3, -0.25) is 4.79 Å². The van der Waals surface area contributed by atoms with E-state index >= 15 is 0 Å². The van der Waals surface area contributed by atoms with Gasteiger partial charge >= 0.3 is 0 Å². The second kappa shape index (κ2) is 6.39. The summed E-state index contributed by atoms with van der Waals surface area (Å²) in [6.45, 7) is 2.20. The minimum atomic E-state index is -0.131. The second-order valence-corrected chi connectivity index (χ2v) is 5.19. The number of benzene rings is 1. The fraction of sp³-hybridized carbons (Fsp3) is 0.235. The average molecular weight is 299 g/mol. The van der Waals surface area contributed by atoms with E-state index in [0.29, 0.717) is 5.75 Å². The molecule has 1 unspecified atom stereocenters. The molecule has 3 rings (SSSR count). The predicted molar refractivity (Wildman–Crippen MR) is 81.6 cm³/mol. The van der Waals surface area contributed by atoms with Crippen LogP contribution in [0.3, 0.4) is 0 Å². The quantitative estimate of drug-likeness (QED) is 0.862. The maximum Gasteiger partial charge on any atom is 0.244 e. The topological polar surface area (TPSA) is 60.7 Å². The van der Waals surface area contributed by atoms with Crippen LogP contribution < -0.4 is 14.8 Å². The van der Waals surface area contributed by atoms with Gasteiger partial charge in [0.25, 0.3) is 0 Å². The Balaban J connectivity index is 1.54. The summed E-state index contributed by atoms with van der Waals surface area (Å²) in [5.74, 6) is 1.31. The van der Waals surface area contributed by atoms with Crippen LogP contribution in [-0.2, 0) is 11.2 Å². The van der Waals surface area contributed by atoms with E-state index in [1.165, 1.54) is 6.08 Å². The molecule has 0 saturated carbocycles. The van der Waals surface area contributed by atoms with Crippen LogP contribution >= 0.6 is 0 Å². The Kier molecular flexibility index (Phi) is 4.14. The van der Waals surface area contributed by atoms with Crippen LogP contribution in [-0.4, -0.2) is 18.7 Å². The van der Waals surface area contributed by atoms with E-state index in [9.17, 15) is 4.79 Å². The van der Waals surface area contributed by atoms with Crippen molar-refractivity contribution in [2.75, 3.05) is 6.79 Å². The standard InChI is InChI=1S/C17H17NO4/c1-12(8-14-6-7-20-10-14)18-17(19)5-3-13-2-4-15-16(9-13)22-11-21-15/h2-7,9-10,12H,8,11H2,1H3,(H,18,19)/b5-3+. The molecule has 0 radical (unpaired) electrons. The third-order valence-electron chi connectivity index (χ3n) is 3.33. The molecule has 1 atom stereocenters. The summed E-state index contributed by atoms with van der Waals surface area (Å²) in [5.41, 5.74) is 1.95. The molecule has 1 N–H and O–H groups in total. The average Bonchev–Trinajstić information content (AvgIpc) is 3.15. The van der Waals surface area contributed by atoms with Crippen LogP contribution in [0.1, 0.15) is 18.1 Å². The summed E-state index contributed by atoms with van der Waals surface area (Å²) in [4.78, 5) is 11.9. The Morgan fingerprint density at radius 2 is 2.18 bits per heavy atom. The van der Waals surface area contributed by atoms with Gasteiger partial charge in [0.2, 0.25) is 12.7 Å². The van der Waals surface area contributed by atoms with Crippen molar-refractivity contribution in [1.29, 1.82) is 0 Å². The highest BCUT2D eigenvalue weighted by Gasteiger charge is 2.12. The van der Waals surface area contributed by atoms with Crippen LogP contribution in [0.15, 0.2) is 47.3 Å². The Morgan fingerprint density at radius 3 is 3.00 bits per heavy atom. The van der Waals surface area contributed by atoms with Crippen molar-refractivity contribution in [3.8, 4) is 11.5 Å². The number of fused-ring (bicyclic) bond motifs is 1. The van der Waals surface area contributed by atoms with Crippen LogP contribution in [0.4, 0.5) is 0 Å². The molecule has 1 aliphatic heterocycles. The van der Waals surface area contributed by atoms with Gasteiger partial charge in [-0.15, -0.1) is 0 Å². The number of hydrogen-bond acceptors (Lipinski definition) is 4. The number of hydrogen-bond donors (Lipinski definition) is 1. The fourth-order valence-corrected chi connectivity index (χ4v) is 2.29. The zero-order valence-electron chi connectivity index (χ0n) is 12.2. The molecule has 0 aliphatic carbocycles. The van der Waals surface area contributed by atoms with Crippen molar-refractivity contribution < 1.29 is 18.7 Å². The lowest BCUT2D eigenvalue weighted by atomic mass is 10.1. The van der Waals surface area contributed by atoms with Gasteiger partial charge < -0.3 is 19.2 Å². The summed E-state index contributed by atoms with van der Waals surface area (Å²) in [6.07, 6.45) is 7.32. The van der Waals surface area contributed by atoms with E-state index in [2.05, 4.69) is 5.32 Å². The SMILES string of the molecule is CC(Cc1ccoc1)NC(=O)/C=C/c1ccc2c(c1)OCO2. The number of nitrogens with one attached hydrogen (secondary N) is 1. The maximum atomic E-state index is 11.9. The first-order valence-electron chi connectivity index (χ1n) is 7.10. The normalized spacial score (nSPS) is 14.2. The lowest BCUT2D eigenvalue weighted by Crippen LogP contribution is -2.32. The highest BCUT2D eigenvalue weighted by atomic mass is 16.7. The Morgan fingerprint density at radius 1 is 1.32 bits per heavy atom. The predicted octanol–water partition coefficient (Wildman–Crippen LogP) is 2.77. The summed E-state index contributed by atoms with van der Waals surface area (Å²) in [7, 11) is 0. The molecular formula is C17H17NO4. The molecule has 5 heteroatoms. The van der Waals surface area contributed by atoms with Gasteiger partial charge in [0, 0.05) is 12.1 Å². The van der Waals surface area contributed by atoms with Crippen LogP contribution in [0.25, 0.3) is 6.08 Å². The molecule has 0 saturated heterocycles. The smallest absolute Gasteiger partial charge is 0.244 e. The molecule has 22 heavy (non-hydrogen) atoms. The van der Waals surface area contributed by atoms with Gasteiger partial charge in [-0.05, 0) is 48.7 Å². The largest absolute Gasteiger partial charge is 0.472 e. The molecule has 114 valence electrons. The van der Waals surface area contributed by atoms with E-state index in [-0.39, 0.29) is 18.7 Å². The molecule has 2 heterocycles. The first kappa shape index (κ1) is 14.3. The Hall–Kier alpha value is -2.69. The van der Waals surface area contributed by atoms with Crippen molar-refractivity contribution in [2.24, 2.45) is 0 Å². The van der Waals surface area contributed by atoms with E-state index in [1.807, 2.05) is 31.2 Å². The monoisotopic (exact) mass is 299 g/mol. The molecule has 5 nitrogen and oxygen atoms in total. The molecule has 2 aromatic rings. The number of ether oxygens (including phenoxy) is 2. The molecule has 0 bridgehead atoms. The maximum absolute atomic E-state index is 11.9. The van der Waals surface area contributed by atoms with Crippen molar-refractivity contribution in [1.82, 2.24) is 5.32 Å². The van der Waals surface area contributed by atoms with Crippen molar-refractivity contribution in [3.05, 3.63) is 54.0 Å². The highest BCUT2D eigenvalue weighted by molar-refractivity contribution is 5.92. The van der Waals surface area contributed by atoms with Crippen molar-refractivity contribution in [2.45, 2.75) is 19.4 Å². The van der Waals surface area contributed by atoms with Gasteiger partial charge in [0.15, 0.2) is 11.5 Å². The molecular weight excluding hydrogens is 282 g/mol. The zero-order valence-corrected chi connectivity index (χ0v) is 12.2. The van der Waals surface area contributed by atoms with Crippen molar-refractivity contribution >= 4 is 12.0 Å². The number of carbonyl (C=O) groups excluding carboxylic acids is 1. The molecule has 0 fully saturated rings. The first-order valence-corrected chi connectivity index (χ1v) is 7.10. The Labute approximate surface area is 128 Å². The minimum Gasteiger partial charge on any atom is -0.472 e. The van der Waals surface area contributed by atoms with Gasteiger partial charge in [0.05, 0.1) is 12.5 Å². The van der Waals surface area contributed by atoms with E-state index in [4.69, 9.17) is 13.9 Å². The third-order valence-corrected chi connectivity index (χ3v) is 3.33. The Bertz CT molecular complexity index is 676.